The number of aromatic nitrogens is 2. The predicted molar refractivity (Wildman–Crippen MR) is 83.2 cm³/mol. The van der Waals surface area contributed by atoms with Gasteiger partial charge < -0.3 is 14.2 Å². The van der Waals surface area contributed by atoms with E-state index in [1.165, 1.54) is 25.3 Å². The molecule has 7 nitrogen and oxygen atoms in total. The van der Waals surface area contributed by atoms with E-state index < -0.39 is 23.5 Å². The molecule has 2 heterocycles. The minimum absolute atomic E-state index is 0.0329. The first kappa shape index (κ1) is 16.0. The van der Waals surface area contributed by atoms with Gasteiger partial charge in [0.2, 0.25) is 5.91 Å². The Bertz CT molecular complexity index is 933. The van der Waals surface area contributed by atoms with Crippen LogP contribution in [0, 0.1) is 5.82 Å². The van der Waals surface area contributed by atoms with Gasteiger partial charge >= 0.3 is 5.76 Å². The summed E-state index contributed by atoms with van der Waals surface area (Å²) in [5, 5.41) is 6.34. The van der Waals surface area contributed by atoms with Crippen LogP contribution in [0.4, 0.5) is 10.1 Å². The number of benzene rings is 1. The Morgan fingerprint density at radius 2 is 2.21 bits per heavy atom. The molecule has 1 N–H and O–H groups in total. The molecule has 1 aromatic carbocycles. The molecule has 3 aromatic rings. The van der Waals surface area contributed by atoms with Crippen LogP contribution in [0.3, 0.4) is 0 Å². The Morgan fingerprint density at radius 1 is 1.42 bits per heavy atom. The van der Waals surface area contributed by atoms with Gasteiger partial charge in [0.25, 0.3) is 5.89 Å². The van der Waals surface area contributed by atoms with Gasteiger partial charge in [-0.25, -0.2) is 9.18 Å². The lowest BCUT2D eigenvalue weighted by Gasteiger charge is -2.11. The summed E-state index contributed by atoms with van der Waals surface area (Å²) in [4.78, 5) is 24.1. The Balaban J connectivity index is 1.81. The molecule has 0 radical (unpaired) electrons. The van der Waals surface area contributed by atoms with Crippen molar-refractivity contribution in [3.8, 4) is 11.7 Å². The Kier molecular flexibility index (Phi) is 4.22. The van der Waals surface area contributed by atoms with Crippen LogP contribution in [0.2, 0.25) is 5.02 Å². The van der Waals surface area contributed by atoms with Crippen LogP contribution in [0.5, 0.6) is 0 Å². The number of nitrogens with zero attached hydrogens (tertiary/aromatic N) is 2. The maximum atomic E-state index is 13.1. The van der Waals surface area contributed by atoms with Crippen molar-refractivity contribution in [3.63, 3.8) is 0 Å². The van der Waals surface area contributed by atoms with Crippen LogP contribution < -0.4 is 11.1 Å². The van der Waals surface area contributed by atoms with E-state index in [4.69, 9.17) is 20.4 Å². The summed E-state index contributed by atoms with van der Waals surface area (Å²) in [5.74, 6) is -1.71. The quantitative estimate of drug-likeness (QED) is 0.780. The molecule has 0 aliphatic rings. The molecule has 1 atom stereocenters. The summed E-state index contributed by atoms with van der Waals surface area (Å²) in [6, 6.07) is 5.96. The maximum absolute atomic E-state index is 13.1. The zero-order valence-corrected chi connectivity index (χ0v) is 13.1. The van der Waals surface area contributed by atoms with Crippen LogP contribution in [-0.2, 0) is 4.79 Å². The fourth-order valence-electron chi connectivity index (χ4n) is 1.96. The van der Waals surface area contributed by atoms with Crippen molar-refractivity contribution in [2.45, 2.75) is 13.0 Å². The second-order valence-electron chi connectivity index (χ2n) is 4.89. The van der Waals surface area contributed by atoms with Gasteiger partial charge in [-0.3, -0.25) is 4.79 Å². The molecule has 9 heteroatoms. The number of nitrogens with one attached hydrogen (secondary N) is 1. The van der Waals surface area contributed by atoms with Crippen LogP contribution in [-0.4, -0.2) is 15.7 Å². The third-order valence-corrected chi connectivity index (χ3v) is 3.52. The summed E-state index contributed by atoms with van der Waals surface area (Å²) in [5.41, 5.74) is 0.293. The van der Waals surface area contributed by atoms with E-state index in [1.807, 2.05) is 0 Å². The molecule has 0 saturated heterocycles. The van der Waals surface area contributed by atoms with Gasteiger partial charge in [-0.2, -0.15) is 4.68 Å². The van der Waals surface area contributed by atoms with Crippen molar-refractivity contribution in [1.82, 2.24) is 9.78 Å². The fraction of sp³-hybridized carbons (Fsp3) is 0.133. The van der Waals surface area contributed by atoms with Crippen LogP contribution in [0.15, 0.2) is 50.2 Å². The Labute approximate surface area is 139 Å². The van der Waals surface area contributed by atoms with E-state index in [1.54, 1.807) is 12.1 Å². The Morgan fingerprint density at radius 3 is 2.88 bits per heavy atom. The number of anilines is 1. The summed E-state index contributed by atoms with van der Waals surface area (Å²) in [6.07, 6.45) is 1.41. The maximum Gasteiger partial charge on any atom is 0.438 e. The lowest BCUT2D eigenvalue weighted by molar-refractivity contribution is -0.119. The molecular formula is C15H11ClFN3O4. The smallest absolute Gasteiger partial charge is 0.438 e. The molecule has 24 heavy (non-hydrogen) atoms. The summed E-state index contributed by atoms with van der Waals surface area (Å²) in [6.45, 7) is 1.47. The second kappa shape index (κ2) is 6.32. The third-order valence-electron chi connectivity index (χ3n) is 3.24. The molecule has 0 aliphatic heterocycles. The lowest BCUT2D eigenvalue weighted by Crippen LogP contribution is -2.30. The molecule has 124 valence electrons. The first-order chi connectivity index (χ1) is 11.5. The van der Waals surface area contributed by atoms with E-state index in [0.29, 0.717) is 5.69 Å². The van der Waals surface area contributed by atoms with E-state index >= 15 is 0 Å². The highest BCUT2D eigenvalue weighted by Gasteiger charge is 2.22. The minimum atomic E-state index is -0.964. The molecule has 3 rings (SSSR count). The lowest BCUT2D eigenvalue weighted by atomic mass is 10.2. The van der Waals surface area contributed by atoms with Crippen molar-refractivity contribution in [2.24, 2.45) is 0 Å². The monoisotopic (exact) mass is 351 g/mol. The van der Waals surface area contributed by atoms with E-state index in [0.717, 1.165) is 10.7 Å². The van der Waals surface area contributed by atoms with Crippen molar-refractivity contribution in [1.29, 1.82) is 0 Å². The number of carbonyl (C=O) groups excluding carboxylic acids is 1. The molecule has 0 bridgehead atoms. The predicted octanol–water partition coefficient (Wildman–Crippen LogP) is 3.09. The average molecular weight is 352 g/mol. The van der Waals surface area contributed by atoms with Crippen molar-refractivity contribution in [3.05, 3.63) is 58.0 Å². The van der Waals surface area contributed by atoms with Gasteiger partial charge in [-0.15, -0.1) is 5.10 Å². The first-order valence-corrected chi connectivity index (χ1v) is 7.23. The Hall–Kier alpha value is -2.87. The fourth-order valence-corrected chi connectivity index (χ4v) is 2.15. The largest absolute Gasteiger partial charge is 0.459 e. The van der Waals surface area contributed by atoms with Crippen molar-refractivity contribution >= 4 is 23.2 Å². The van der Waals surface area contributed by atoms with Gasteiger partial charge in [-0.05, 0) is 37.3 Å². The molecule has 1 amide bonds. The van der Waals surface area contributed by atoms with Crippen LogP contribution >= 0.6 is 11.6 Å². The third kappa shape index (κ3) is 3.09. The number of carbonyl (C=O) groups is 1. The molecule has 1 unspecified atom stereocenters. The topological polar surface area (TPSA) is 90.3 Å². The number of hydrogen-bond acceptors (Lipinski definition) is 5. The summed E-state index contributed by atoms with van der Waals surface area (Å²) < 4.78 is 24.1. The van der Waals surface area contributed by atoms with Gasteiger partial charge in [0.05, 0.1) is 11.3 Å². The zero-order chi connectivity index (χ0) is 17.3. The van der Waals surface area contributed by atoms with E-state index in [-0.39, 0.29) is 16.7 Å². The normalized spacial score (nSPS) is 12.1. The SMILES string of the molecule is CC(C(=O)Nc1ccc(F)c(Cl)c1)n1nc(-c2ccco2)oc1=O. The number of rotatable bonds is 4. The number of furan rings is 1. The molecule has 0 fully saturated rings. The standard InChI is InChI=1S/C15H11ClFN3O4/c1-8(13(21)18-9-4-5-11(17)10(16)7-9)20-15(22)24-14(19-20)12-3-2-6-23-12/h2-8H,1H3,(H,18,21). The van der Waals surface area contributed by atoms with E-state index in [2.05, 4.69) is 10.4 Å². The van der Waals surface area contributed by atoms with Crippen LogP contribution in [0.1, 0.15) is 13.0 Å². The zero-order valence-electron chi connectivity index (χ0n) is 12.3. The highest BCUT2D eigenvalue weighted by molar-refractivity contribution is 6.31. The number of amides is 1. The van der Waals surface area contributed by atoms with Crippen molar-refractivity contribution in [2.75, 3.05) is 5.32 Å². The molecule has 2 aromatic heterocycles. The van der Waals surface area contributed by atoms with Gasteiger partial charge in [0.15, 0.2) is 5.76 Å². The summed E-state index contributed by atoms with van der Waals surface area (Å²) in [7, 11) is 0. The first-order valence-electron chi connectivity index (χ1n) is 6.85. The molecular weight excluding hydrogens is 341 g/mol. The highest BCUT2D eigenvalue weighted by atomic mass is 35.5. The highest BCUT2D eigenvalue weighted by Crippen LogP contribution is 2.21. The molecule has 0 aliphatic carbocycles. The minimum Gasteiger partial charge on any atom is -0.459 e. The van der Waals surface area contributed by atoms with E-state index in [9.17, 15) is 14.0 Å². The average Bonchev–Trinajstić information content (AvgIpc) is 3.19. The van der Waals surface area contributed by atoms with Gasteiger partial charge in [0.1, 0.15) is 11.9 Å². The summed E-state index contributed by atoms with van der Waals surface area (Å²) >= 11 is 5.66. The van der Waals surface area contributed by atoms with Crippen molar-refractivity contribution < 1.29 is 18.0 Å². The van der Waals surface area contributed by atoms with Crippen LogP contribution in [0.25, 0.3) is 11.7 Å². The van der Waals surface area contributed by atoms with Gasteiger partial charge in [-0.1, -0.05) is 11.6 Å². The second-order valence-corrected chi connectivity index (χ2v) is 5.30. The molecule has 0 saturated carbocycles. The number of halogens is 2. The number of hydrogen-bond donors (Lipinski definition) is 1. The van der Waals surface area contributed by atoms with Gasteiger partial charge in [0, 0.05) is 5.69 Å². The molecule has 0 spiro atoms.